The summed E-state index contributed by atoms with van der Waals surface area (Å²) in [7, 11) is 0. The molecule has 0 atom stereocenters. The highest BCUT2D eigenvalue weighted by atomic mass is 19.4. The first-order chi connectivity index (χ1) is 9.08. The molecule has 0 bridgehead atoms. The quantitative estimate of drug-likeness (QED) is 0.665. The van der Waals surface area contributed by atoms with Crippen LogP contribution < -0.4 is 10.8 Å². The van der Waals surface area contributed by atoms with Crippen LogP contribution in [0.3, 0.4) is 0 Å². The van der Waals surface area contributed by atoms with Crippen LogP contribution in [0.5, 0.6) is 0 Å². The molecule has 20 heavy (non-hydrogen) atoms. The number of carbonyl (C=O) groups excluding carboxylic acids is 1. The molecule has 10 heteroatoms. The van der Waals surface area contributed by atoms with Crippen LogP contribution in [0.4, 0.5) is 36.8 Å². The number of rotatable bonds is 3. The van der Waals surface area contributed by atoms with Crippen LogP contribution in [0.25, 0.3) is 0 Å². The molecule has 0 radical (unpaired) electrons. The van der Waals surface area contributed by atoms with Gasteiger partial charge in [-0.1, -0.05) is 6.07 Å². The van der Waals surface area contributed by atoms with Crippen molar-refractivity contribution < 1.29 is 36.0 Å². The van der Waals surface area contributed by atoms with Gasteiger partial charge in [0, 0.05) is 5.69 Å². The largest absolute Gasteiger partial charge is 0.416 e. The molecule has 0 spiro atoms. The van der Waals surface area contributed by atoms with E-state index in [0.717, 1.165) is 18.2 Å². The number of hydrogen-bond acceptors (Lipinski definition) is 2. The van der Waals surface area contributed by atoms with Crippen LogP contribution in [0.1, 0.15) is 5.56 Å². The van der Waals surface area contributed by atoms with Crippen LogP contribution >= 0.6 is 0 Å². The van der Waals surface area contributed by atoms with E-state index in [-0.39, 0.29) is 5.69 Å². The van der Waals surface area contributed by atoms with Crippen LogP contribution in [0.2, 0.25) is 0 Å². The molecule has 0 fully saturated rings. The van der Waals surface area contributed by atoms with E-state index < -0.39 is 30.6 Å². The summed E-state index contributed by atoms with van der Waals surface area (Å²) in [5, 5.41) is 1.90. The van der Waals surface area contributed by atoms with Crippen molar-refractivity contribution in [1.29, 1.82) is 0 Å². The zero-order chi connectivity index (χ0) is 15.4. The SMILES string of the molecule is O=C(NOCC(F)(F)F)Nc1cccc(C(F)(F)F)c1. The lowest BCUT2D eigenvalue weighted by Gasteiger charge is -2.11. The number of amides is 2. The highest BCUT2D eigenvalue weighted by Gasteiger charge is 2.30. The summed E-state index contributed by atoms with van der Waals surface area (Å²) < 4.78 is 72.2. The number of anilines is 1. The summed E-state index contributed by atoms with van der Waals surface area (Å²) in [4.78, 5) is 14.9. The number of carbonyl (C=O) groups is 1. The molecule has 0 aliphatic rings. The average molecular weight is 302 g/mol. The van der Waals surface area contributed by atoms with Crippen molar-refractivity contribution in [1.82, 2.24) is 5.48 Å². The molecule has 1 rings (SSSR count). The molecule has 4 nitrogen and oxygen atoms in total. The van der Waals surface area contributed by atoms with Crippen LogP contribution in [-0.4, -0.2) is 18.8 Å². The molecule has 0 heterocycles. The van der Waals surface area contributed by atoms with Crippen molar-refractivity contribution in [3.8, 4) is 0 Å². The molecule has 1 aromatic rings. The van der Waals surface area contributed by atoms with Gasteiger partial charge in [-0.3, -0.25) is 4.84 Å². The predicted octanol–water partition coefficient (Wildman–Crippen LogP) is 3.32. The van der Waals surface area contributed by atoms with Crippen molar-refractivity contribution >= 4 is 11.7 Å². The van der Waals surface area contributed by atoms with E-state index in [2.05, 4.69) is 4.84 Å². The minimum Gasteiger partial charge on any atom is -0.306 e. The first kappa shape index (κ1) is 16.1. The first-order valence-corrected chi connectivity index (χ1v) is 5.01. The maximum Gasteiger partial charge on any atom is 0.416 e. The van der Waals surface area contributed by atoms with Gasteiger partial charge in [-0.25, -0.2) is 10.3 Å². The second-order valence-electron chi connectivity index (χ2n) is 3.54. The van der Waals surface area contributed by atoms with Crippen molar-refractivity contribution in [2.75, 3.05) is 11.9 Å². The van der Waals surface area contributed by atoms with E-state index in [4.69, 9.17) is 0 Å². The third-order valence-electron chi connectivity index (χ3n) is 1.85. The van der Waals surface area contributed by atoms with E-state index in [1.165, 1.54) is 5.48 Å². The molecule has 0 aliphatic heterocycles. The van der Waals surface area contributed by atoms with Gasteiger partial charge in [0.15, 0.2) is 6.61 Å². The lowest BCUT2D eigenvalue weighted by Crippen LogP contribution is -2.32. The third-order valence-corrected chi connectivity index (χ3v) is 1.85. The Labute approximate surface area is 108 Å². The summed E-state index contributed by atoms with van der Waals surface area (Å²) in [6.45, 7) is -1.72. The van der Waals surface area contributed by atoms with Gasteiger partial charge in [0.05, 0.1) is 5.56 Å². The molecule has 0 saturated carbocycles. The molecule has 0 saturated heterocycles. The fourth-order valence-electron chi connectivity index (χ4n) is 1.11. The van der Waals surface area contributed by atoms with Gasteiger partial charge in [-0.15, -0.1) is 0 Å². The summed E-state index contributed by atoms with van der Waals surface area (Å²) in [5.41, 5.74) is 0.144. The second kappa shape index (κ2) is 5.99. The van der Waals surface area contributed by atoms with Gasteiger partial charge in [0.2, 0.25) is 0 Å². The Morgan fingerprint density at radius 1 is 1.15 bits per heavy atom. The molecule has 2 N–H and O–H groups in total. The standard InChI is InChI=1S/C10H8F6N2O2/c11-9(12,13)5-20-18-8(19)17-7-3-1-2-6(4-7)10(14,15)16/h1-4H,5H2,(H2,17,18,19). The molecule has 0 aliphatic carbocycles. The zero-order valence-electron chi connectivity index (χ0n) is 9.60. The Balaban J connectivity index is 2.54. The van der Waals surface area contributed by atoms with Gasteiger partial charge in [-0.05, 0) is 18.2 Å². The topological polar surface area (TPSA) is 50.4 Å². The Kier molecular flexibility index (Phi) is 4.82. The zero-order valence-corrected chi connectivity index (χ0v) is 9.60. The maximum absolute atomic E-state index is 12.4. The fourth-order valence-corrected chi connectivity index (χ4v) is 1.11. The molecular formula is C10H8F6N2O2. The number of alkyl halides is 6. The van der Waals surface area contributed by atoms with E-state index >= 15 is 0 Å². The molecule has 0 aromatic heterocycles. The summed E-state index contributed by atoms with van der Waals surface area (Å²) >= 11 is 0. The normalized spacial score (nSPS) is 12.1. The average Bonchev–Trinajstić information content (AvgIpc) is 2.26. The first-order valence-electron chi connectivity index (χ1n) is 5.01. The number of hydroxylamine groups is 1. The molecule has 1 aromatic carbocycles. The Morgan fingerprint density at radius 2 is 1.80 bits per heavy atom. The number of nitrogens with one attached hydrogen (secondary N) is 2. The second-order valence-corrected chi connectivity index (χ2v) is 3.54. The van der Waals surface area contributed by atoms with Gasteiger partial charge < -0.3 is 5.32 Å². The summed E-state index contributed by atoms with van der Waals surface area (Å²) in [6.07, 6.45) is -9.23. The minimum atomic E-state index is -4.64. The number of urea groups is 1. The fraction of sp³-hybridized carbons (Fsp3) is 0.300. The Morgan fingerprint density at radius 3 is 2.35 bits per heavy atom. The third kappa shape index (κ3) is 5.78. The van der Waals surface area contributed by atoms with Crippen LogP contribution in [0.15, 0.2) is 24.3 Å². The summed E-state index contributed by atoms with van der Waals surface area (Å²) in [6, 6.07) is 2.36. The van der Waals surface area contributed by atoms with Gasteiger partial charge >= 0.3 is 18.4 Å². The van der Waals surface area contributed by atoms with E-state index in [0.29, 0.717) is 6.07 Å². The van der Waals surface area contributed by atoms with Crippen LogP contribution in [0, 0.1) is 0 Å². The van der Waals surface area contributed by atoms with Crippen molar-refractivity contribution in [3.63, 3.8) is 0 Å². The number of hydrogen-bond donors (Lipinski definition) is 2. The van der Waals surface area contributed by atoms with E-state index in [1.54, 1.807) is 0 Å². The van der Waals surface area contributed by atoms with Crippen molar-refractivity contribution in [2.45, 2.75) is 12.4 Å². The highest BCUT2D eigenvalue weighted by Crippen LogP contribution is 2.30. The minimum absolute atomic E-state index is 0.243. The Hall–Kier alpha value is -1.97. The molecular weight excluding hydrogens is 294 g/mol. The molecule has 2 amide bonds. The Bertz CT molecular complexity index is 472. The van der Waals surface area contributed by atoms with Crippen LogP contribution in [-0.2, 0) is 11.0 Å². The number of benzene rings is 1. The van der Waals surface area contributed by atoms with Crippen molar-refractivity contribution in [3.05, 3.63) is 29.8 Å². The molecule has 0 unspecified atom stereocenters. The smallest absolute Gasteiger partial charge is 0.306 e. The lowest BCUT2D eigenvalue weighted by atomic mass is 10.2. The lowest BCUT2D eigenvalue weighted by molar-refractivity contribution is -0.183. The molecule has 112 valence electrons. The van der Waals surface area contributed by atoms with E-state index in [1.807, 2.05) is 5.32 Å². The number of halogens is 6. The van der Waals surface area contributed by atoms with Gasteiger partial charge in [0.1, 0.15) is 0 Å². The van der Waals surface area contributed by atoms with E-state index in [9.17, 15) is 31.1 Å². The monoisotopic (exact) mass is 302 g/mol. The van der Waals surface area contributed by atoms with Gasteiger partial charge in [-0.2, -0.15) is 26.3 Å². The maximum atomic E-state index is 12.4. The predicted molar refractivity (Wildman–Crippen MR) is 55.6 cm³/mol. The van der Waals surface area contributed by atoms with Gasteiger partial charge in [0.25, 0.3) is 0 Å². The highest BCUT2D eigenvalue weighted by molar-refractivity contribution is 5.88. The van der Waals surface area contributed by atoms with Crippen molar-refractivity contribution in [2.24, 2.45) is 0 Å². The summed E-state index contributed by atoms with van der Waals surface area (Å²) in [5.74, 6) is 0.